The largest absolute Gasteiger partial charge is 0.350 e. The molecule has 0 aromatic heterocycles. The fraction of sp³-hybridized carbons (Fsp3) is 0.310. The van der Waals surface area contributed by atoms with Gasteiger partial charge in [-0.2, -0.15) is 9.78 Å². The monoisotopic (exact) mass is 497 g/mol. The number of rotatable bonds is 6. The summed E-state index contributed by atoms with van der Waals surface area (Å²) in [6, 6.07) is 19.3. The Morgan fingerprint density at radius 2 is 1.49 bits per heavy atom. The average molecular weight is 498 g/mol. The normalized spacial score (nSPS) is 13.9. The van der Waals surface area contributed by atoms with Crippen LogP contribution in [0, 0.1) is 0 Å². The summed E-state index contributed by atoms with van der Waals surface area (Å²) in [6.45, 7) is 5.88. The van der Waals surface area contributed by atoms with Gasteiger partial charge in [0.25, 0.3) is 11.5 Å². The van der Waals surface area contributed by atoms with Crippen molar-refractivity contribution in [1.82, 2.24) is 24.1 Å². The van der Waals surface area contributed by atoms with E-state index in [0.717, 1.165) is 5.56 Å². The number of amides is 2. The second-order valence-corrected chi connectivity index (χ2v) is 9.69. The van der Waals surface area contributed by atoms with E-state index in [1.807, 2.05) is 84.0 Å². The van der Waals surface area contributed by atoms with E-state index >= 15 is 0 Å². The number of carbonyl (C=O) groups excluding carboxylic acids is 2. The molecule has 1 fully saturated rings. The van der Waals surface area contributed by atoms with Crippen molar-refractivity contribution in [2.75, 3.05) is 26.2 Å². The van der Waals surface area contributed by atoms with Gasteiger partial charge in [-0.25, -0.2) is 0 Å². The molecule has 3 heterocycles. The first-order valence-electron chi connectivity index (χ1n) is 12.7. The number of fused-ring (bicyclic) bond motifs is 1. The third kappa shape index (κ3) is 5.05. The Labute approximate surface area is 216 Å². The van der Waals surface area contributed by atoms with Crippen molar-refractivity contribution in [3.63, 3.8) is 0 Å². The maximum Gasteiger partial charge on any atom is 0.282 e. The molecule has 0 N–H and O–H groups in total. The third-order valence-electron chi connectivity index (χ3n) is 6.91. The van der Waals surface area contributed by atoms with E-state index in [9.17, 15) is 14.4 Å². The summed E-state index contributed by atoms with van der Waals surface area (Å²) >= 11 is 0. The summed E-state index contributed by atoms with van der Waals surface area (Å²) < 4.78 is 3.24. The summed E-state index contributed by atoms with van der Waals surface area (Å²) in [6.07, 6.45) is 4.72. The topological polar surface area (TPSA) is 80.4 Å². The van der Waals surface area contributed by atoms with E-state index in [0.29, 0.717) is 61.5 Å². The van der Waals surface area contributed by atoms with Crippen molar-refractivity contribution < 1.29 is 9.59 Å². The molecule has 0 saturated carbocycles. The number of benzene rings is 2. The van der Waals surface area contributed by atoms with E-state index in [4.69, 9.17) is 0 Å². The predicted octanol–water partition coefficient (Wildman–Crippen LogP) is 3.64. The van der Waals surface area contributed by atoms with Gasteiger partial charge >= 0.3 is 0 Å². The molecule has 2 amide bonds. The second kappa shape index (κ2) is 10.4. The molecule has 1 saturated heterocycles. The summed E-state index contributed by atoms with van der Waals surface area (Å²) in [5.74, 6) is -0.0672. The summed E-state index contributed by atoms with van der Waals surface area (Å²) in [7, 11) is 0. The number of carbonyl (C=O) groups is 2. The molecule has 0 bridgehead atoms. The molecule has 0 spiro atoms. The Balaban J connectivity index is 1.34. The molecule has 8 nitrogen and oxygen atoms in total. The van der Waals surface area contributed by atoms with Gasteiger partial charge in [-0.1, -0.05) is 48.5 Å². The van der Waals surface area contributed by atoms with Crippen molar-refractivity contribution in [1.29, 1.82) is 0 Å². The molecule has 5 rings (SSSR count). The molecule has 37 heavy (non-hydrogen) atoms. The highest BCUT2D eigenvalue weighted by Crippen LogP contribution is 2.26. The molecule has 3 aliphatic rings. The SMILES string of the molecule is CC(C)n1cc(C(=O)N2CCN(C(=O)CCc3ccccc3)CC2)c2nn(-c3ccccc3)c(=O)c-2c1. The predicted molar refractivity (Wildman–Crippen MR) is 142 cm³/mol. The quantitative estimate of drug-likeness (QED) is 0.407. The summed E-state index contributed by atoms with van der Waals surface area (Å²) in [5.41, 5.74) is 2.76. The molecule has 2 aromatic carbocycles. The highest BCUT2D eigenvalue weighted by molar-refractivity contribution is 6.00. The van der Waals surface area contributed by atoms with Crippen LogP contribution in [0.15, 0.2) is 77.9 Å². The van der Waals surface area contributed by atoms with Crippen molar-refractivity contribution in [2.45, 2.75) is 32.7 Å². The number of para-hydroxylation sites is 1. The lowest BCUT2D eigenvalue weighted by Gasteiger charge is -2.35. The van der Waals surface area contributed by atoms with E-state index in [1.54, 1.807) is 17.3 Å². The number of aryl methyl sites for hydroxylation is 1. The number of aromatic nitrogens is 3. The van der Waals surface area contributed by atoms with Crippen molar-refractivity contribution in [3.8, 4) is 16.9 Å². The lowest BCUT2D eigenvalue weighted by molar-refractivity contribution is -0.132. The molecule has 0 atom stereocenters. The van der Waals surface area contributed by atoms with Crippen LogP contribution in [-0.4, -0.2) is 62.1 Å². The van der Waals surface area contributed by atoms with Crippen LogP contribution in [0.3, 0.4) is 0 Å². The van der Waals surface area contributed by atoms with E-state index < -0.39 is 0 Å². The second-order valence-electron chi connectivity index (χ2n) is 9.69. The number of hydrogen-bond donors (Lipinski definition) is 0. The Morgan fingerprint density at radius 3 is 2.14 bits per heavy atom. The van der Waals surface area contributed by atoms with Crippen LogP contribution in [0.1, 0.15) is 42.2 Å². The van der Waals surface area contributed by atoms with Crippen LogP contribution in [-0.2, 0) is 11.2 Å². The van der Waals surface area contributed by atoms with Gasteiger partial charge in [0.15, 0.2) is 0 Å². The Bertz CT molecular complexity index is 1420. The summed E-state index contributed by atoms with van der Waals surface area (Å²) in [5, 5.41) is 4.57. The van der Waals surface area contributed by atoms with Crippen LogP contribution in [0.4, 0.5) is 0 Å². The zero-order chi connectivity index (χ0) is 25.9. The van der Waals surface area contributed by atoms with Gasteiger partial charge in [-0.3, -0.25) is 14.4 Å². The van der Waals surface area contributed by atoms with E-state index in [-0.39, 0.29) is 23.4 Å². The minimum atomic E-state index is -0.251. The lowest BCUT2D eigenvalue weighted by atomic mass is 10.1. The maximum atomic E-state index is 13.7. The molecule has 2 aromatic rings. The first-order valence-corrected chi connectivity index (χ1v) is 12.7. The molecule has 3 aliphatic heterocycles. The van der Waals surface area contributed by atoms with Gasteiger partial charge in [0.05, 0.1) is 16.8 Å². The van der Waals surface area contributed by atoms with Crippen LogP contribution >= 0.6 is 0 Å². The highest BCUT2D eigenvalue weighted by Gasteiger charge is 2.30. The van der Waals surface area contributed by atoms with Gasteiger partial charge in [0.2, 0.25) is 5.91 Å². The fourth-order valence-corrected chi connectivity index (χ4v) is 4.71. The van der Waals surface area contributed by atoms with Crippen LogP contribution < -0.4 is 5.56 Å². The lowest BCUT2D eigenvalue weighted by Crippen LogP contribution is -2.50. The standard InChI is InChI=1S/C29H31N5O3/c1-21(2)33-19-24(27-25(20-33)29(37)34(30-27)23-11-7-4-8-12-23)28(36)32-17-15-31(16-18-32)26(35)14-13-22-9-5-3-6-10-22/h3-12,19-21H,13-18H2,1-2H3. The van der Waals surface area contributed by atoms with E-state index in [2.05, 4.69) is 5.10 Å². The fourth-order valence-electron chi connectivity index (χ4n) is 4.71. The number of nitrogens with zero attached hydrogens (tertiary/aromatic N) is 5. The van der Waals surface area contributed by atoms with Gasteiger partial charge in [-0.05, 0) is 38.0 Å². The minimum absolute atomic E-state index is 0.0644. The van der Waals surface area contributed by atoms with Crippen LogP contribution in [0.2, 0.25) is 0 Å². The molecular formula is C29H31N5O3. The van der Waals surface area contributed by atoms with Crippen molar-refractivity contribution >= 4 is 11.8 Å². The van der Waals surface area contributed by atoms with Crippen molar-refractivity contribution in [3.05, 3.63) is 94.5 Å². The smallest absolute Gasteiger partial charge is 0.282 e. The zero-order valence-electron chi connectivity index (χ0n) is 21.2. The number of hydrogen-bond acceptors (Lipinski definition) is 4. The molecule has 0 unspecified atom stereocenters. The van der Waals surface area contributed by atoms with Crippen molar-refractivity contribution in [2.24, 2.45) is 0 Å². The highest BCUT2D eigenvalue weighted by atomic mass is 16.2. The first kappa shape index (κ1) is 24.5. The van der Waals surface area contributed by atoms with Gasteiger partial charge in [0.1, 0.15) is 5.69 Å². The van der Waals surface area contributed by atoms with Crippen LogP contribution in [0.25, 0.3) is 16.9 Å². The Kier molecular flexibility index (Phi) is 6.90. The average Bonchev–Trinajstić information content (AvgIpc) is 3.28. The number of piperazine rings is 1. The van der Waals surface area contributed by atoms with Crippen LogP contribution in [0.5, 0.6) is 0 Å². The zero-order valence-corrected chi connectivity index (χ0v) is 21.2. The Hall–Kier alpha value is -4.20. The Morgan fingerprint density at radius 1 is 0.865 bits per heavy atom. The van der Waals surface area contributed by atoms with Gasteiger partial charge < -0.3 is 14.4 Å². The van der Waals surface area contributed by atoms with E-state index in [1.165, 1.54) is 4.68 Å². The number of pyridine rings is 1. The third-order valence-corrected chi connectivity index (χ3v) is 6.91. The first-order chi connectivity index (χ1) is 17.9. The molecule has 190 valence electrons. The molecule has 0 aliphatic carbocycles. The molecular weight excluding hydrogens is 466 g/mol. The molecule has 8 heteroatoms. The summed E-state index contributed by atoms with van der Waals surface area (Å²) in [4.78, 5) is 43.3. The van der Waals surface area contributed by atoms with Gasteiger partial charge in [0, 0.05) is 51.0 Å². The maximum absolute atomic E-state index is 13.7. The minimum Gasteiger partial charge on any atom is -0.350 e. The molecule has 0 radical (unpaired) electrons. The van der Waals surface area contributed by atoms with Gasteiger partial charge in [-0.15, -0.1) is 0 Å².